The number of aromatic nitrogens is 2. The van der Waals surface area contributed by atoms with E-state index in [4.69, 9.17) is 0 Å². The summed E-state index contributed by atoms with van der Waals surface area (Å²) in [4.78, 5) is 26.9. The summed E-state index contributed by atoms with van der Waals surface area (Å²) in [7, 11) is 0.0645. The van der Waals surface area contributed by atoms with E-state index in [2.05, 4.69) is 26.8 Å². The van der Waals surface area contributed by atoms with Crippen LogP contribution in [0.25, 0.3) is 0 Å². The van der Waals surface area contributed by atoms with E-state index in [0.29, 0.717) is 18.9 Å². The van der Waals surface area contributed by atoms with Gasteiger partial charge in [-0.15, -0.1) is 0 Å². The van der Waals surface area contributed by atoms with Gasteiger partial charge in [0, 0.05) is 49.7 Å². The molecule has 3 aromatic carbocycles. The van der Waals surface area contributed by atoms with Gasteiger partial charge in [0.1, 0.15) is 0 Å². The largest absolute Gasteiger partial charge is 0.347 e. The summed E-state index contributed by atoms with van der Waals surface area (Å²) in [5, 5.41) is 0. The lowest BCUT2D eigenvalue weighted by Crippen LogP contribution is -2.33. The number of rotatable bonds is 9. The number of hydrogen-bond acceptors (Lipinski definition) is 6. The number of carbonyl (C=O) groups is 1. The van der Waals surface area contributed by atoms with E-state index in [0.717, 1.165) is 40.8 Å². The summed E-state index contributed by atoms with van der Waals surface area (Å²) < 4.78 is 29.4. The highest BCUT2D eigenvalue weighted by molar-refractivity contribution is 7.89. The van der Waals surface area contributed by atoms with Crippen LogP contribution in [0.4, 0.5) is 11.6 Å². The van der Waals surface area contributed by atoms with Crippen molar-refractivity contribution in [2.24, 2.45) is 5.92 Å². The number of aryl methyl sites for hydroxylation is 2. The number of fused-ring (bicyclic) bond motifs is 1. The van der Waals surface area contributed by atoms with Crippen molar-refractivity contribution in [3.8, 4) is 0 Å². The molecule has 2 aliphatic rings. The van der Waals surface area contributed by atoms with Gasteiger partial charge in [-0.2, -0.15) is 0 Å². The molecule has 0 bridgehead atoms. The van der Waals surface area contributed by atoms with Crippen molar-refractivity contribution in [1.82, 2.24) is 14.7 Å². The van der Waals surface area contributed by atoms with Gasteiger partial charge < -0.3 is 9.80 Å². The van der Waals surface area contributed by atoms with E-state index in [9.17, 15) is 13.2 Å². The van der Waals surface area contributed by atoms with Gasteiger partial charge in [-0.05, 0) is 73.1 Å². The predicted octanol–water partition coefficient (Wildman–Crippen LogP) is 5.15. The quantitative estimate of drug-likeness (QED) is 0.294. The van der Waals surface area contributed by atoms with Crippen molar-refractivity contribution in [2.45, 2.75) is 49.6 Å². The van der Waals surface area contributed by atoms with Crippen LogP contribution in [0, 0.1) is 12.8 Å². The fraction of sp³-hybridized carbons (Fsp3) is 0.303. The molecule has 1 heterocycles. The molecule has 42 heavy (non-hydrogen) atoms. The van der Waals surface area contributed by atoms with Crippen LogP contribution in [-0.4, -0.2) is 38.4 Å². The molecule has 2 aliphatic carbocycles. The highest BCUT2D eigenvalue weighted by atomic mass is 32.2. The van der Waals surface area contributed by atoms with Crippen LogP contribution in [0.5, 0.6) is 0 Å². The standard InChI is InChI=1S/C33H35N5O3S/c1-22-9-14-27(15-10-22)42(40,41)36-31-16-12-25-11-13-26(17-29(25)31)38(21-23-19-34-33(35-20-23)37(2)3)32(39)30-18-28(30)24-7-5-4-6-8-24/h4-11,13-15,17,19-20,28,30-31,36H,12,16,18,21H2,1-3H3. The van der Waals surface area contributed by atoms with Gasteiger partial charge in [0.05, 0.1) is 11.4 Å². The maximum Gasteiger partial charge on any atom is 0.241 e. The van der Waals surface area contributed by atoms with Gasteiger partial charge in [-0.25, -0.2) is 23.1 Å². The molecular weight excluding hydrogens is 546 g/mol. The number of nitrogens with one attached hydrogen (secondary N) is 1. The molecule has 1 fully saturated rings. The second-order valence-corrected chi connectivity index (χ2v) is 13.2. The molecule has 9 heteroatoms. The summed E-state index contributed by atoms with van der Waals surface area (Å²) in [6.07, 6.45) is 5.75. The number of amides is 1. The first-order valence-electron chi connectivity index (χ1n) is 14.3. The molecule has 8 nitrogen and oxygen atoms in total. The monoisotopic (exact) mass is 581 g/mol. The average molecular weight is 582 g/mol. The molecule has 6 rings (SSSR count). The van der Waals surface area contributed by atoms with Crippen molar-refractivity contribution < 1.29 is 13.2 Å². The third-order valence-corrected chi connectivity index (χ3v) is 9.67. The SMILES string of the molecule is Cc1ccc(S(=O)(=O)NC2CCc3ccc(N(Cc4cnc(N(C)C)nc4)C(=O)C4CC4c4ccccc4)cc32)cc1. The molecule has 0 saturated heterocycles. The molecular formula is C33H35N5O3S. The Morgan fingerprint density at radius 2 is 1.69 bits per heavy atom. The number of nitrogens with zero attached hydrogens (tertiary/aromatic N) is 4. The molecule has 0 radical (unpaired) electrons. The van der Waals surface area contributed by atoms with Crippen molar-refractivity contribution in [3.05, 3.63) is 113 Å². The molecule has 1 N–H and O–H groups in total. The van der Waals surface area contributed by atoms with Gasteiger partial charge in [-0.1, -0.05) is 54.1 Å². The minimum absolute atomic E-state index is 0.0512. The normalized spacial score (nSPS) is 19.3. The first-order valence-corrected chi connectivity index (χ1v) is 15.7. The van der Waals surface area contributed by atoms with Crippen LogP contribution in [0.2, 0.25) is 0 Å². The van der Waals surface area contributed by atoms with E-state index in [1.165, 1.54) is 5.56 Å². The molecule has 0 spiro atoms. The maximum absolute atomic E-state index is 14.1. The number of benzene rings is 3. The minimum Gasteiger partial charge on any atom is -0.347 e. The number of hydrogen-bond donors (Lipinski definition) is 1. The van der Waals surface area contributed by atoms with Crippen LogP contribution in [-0.2, 0) is 27.8 Å². The van der Waals surface area contributed by atoms with Gasteiger partial charge in [0.15, 0.2) is 0 Å². The lowest BCUT2D eigenvalue weighted by Gasteiger charge is -2.25. The van der Waals surface area contributed by atoms with Crippen molar-refractivity contribution in [3.63, 3.8) is 0 Å². The van der Waals surface area contributed by atoms with Crippen LogP contribution >= 0.6 is 0 Å². The Labute approximate surface area is 247 Å². The van der Waals surface area contributed by atoms with Gasteiger partial charge in [-0.3, -0.25) is 4.79 Å². The van der Waals surface area contributed by atoms with Gasteiger partial charge in [0.25, 0.3) is 0 Å². The lowest BCUT2D eigenvalue weighted by molar-refractivity contribution is -0.120. The molecule has 216 valence electrons. The van der Waals surface area contributed by atoms with Crippen LogP contribution in [0.1, 0.15) is 52.6 Å². The van der Waals surface area contributed by atoms with Gasteiger partial charge in [0.2, 0.25) is 21.9 Å². The summed E-state index contributed by atoms with van der Waals surface area (Å²) in [6, 6.07) is 22.6. The topological polar surface area (TPSA) is 95.5 Å². The van der Waals surface area contributed by atoms with E-state index in [-0.39, 0.29) is 28.7 Å². The third-order valence-electron chi connectivity index (χ3n) is 8.18. The Balaban J connectivity index is 1.29. The molecule has 0 aliphatic heterocycles. The van der Waals surface area contributed by atoms with Crippen LogP contribution in [0.3, 0.4) is 0 Å². The first-order chi connectivity index (χ1) is 20.2. The average Bonchev–Trinajstić information content (AvgIpc) is 3.71. The smallest absolute Gasteiger partial charge is 0.241 e. The van der Waals surface area contributed by atoms with E-state index in [1.54, 1.807) is 36.7 Å². The Morgan fingerprint density at radius 1 is 0.976 bits per heavy atom. The van der Waals surface area contributed by atoms with Crippen molar-refractivity contribution in [2.75, 3.05) is 23.9 Å². The summed E-state index contributed by atoms with van der Waals surface area (Å²) in [6.45, 7) is 2.25. The summed E-state index contributed by atoms with van der Waals surface area (Å²) >= 11 is 0. The Kier molecular flexibility index (Phi) is 7.55. The summed E-state index contributed by atoms with van der Waals surface area (Å²) in [5.74, 6) is 0.731. The Hall–Kier alpha value is -4.08. The zero-order valence-corrected chi connectivity index (χ0v) is 24.9. The van der Waals surface area contributed by atoms with E-state index < -0.39 is 10.0 Å². The number of anilines is 2. The number of carbonyl (C=O) groups excluding carboxylic acids is 1. The minimum atomic E-state index is -3.70. The fourth-order valence-corrected chi connectivity index (χ4v) is 6.98. The van der Waals surface area contributed by atoms with Crippen LogP contribution in [0.15, 0.2) is 90.1 Å². The summed E-state index contributed by atoms with van der Waals surface area (Å²) in [5.41, 5.74) is 5.75. The molecule has 3 unspecified atom stereocenters. The van der Waals surface area contributed by atoms with Crippen LogP contribution < -0.4 is 14.5 Å². The molecule has 1 amide bonds. The Bertz CT molecular complexity index is 1690. The van der Waals surface area contributed by atoms with Crippen molar-refractivity contribution >= 4 is 27.6 Å². The highest BCUT2D eigenvalue weighted by Crippen LogP contribution is 2.49. The molecule has 1 aromatic heterocycles. The fourth-order valence-electron chi connectivity index (χ4n) is 5.73. The lowest BCUT2D eigenvalue weighted by atomic mass is 10.1. The van der Waals surface area contributed by atoms with E-state index >= 15 is 0 Å². The first kappa shape index (κ1) is 28.1. The Morgan fingerprint density at radius 3 is 2.38 bits per heavy atom. The molecule has 4 aromatic rings. The molecule has 1 saturated carbocycles. The maximum atomic E-state index is 14.1. The van der Waals surface area contributed by atoms with Gasteiger partial charge >= 0.3 is 0 Å². The second-order valence-electron chi connectivity index (χ2n) is 11.5. The second kappa shape index (κ2) is 11.3. The van der Waals surface area contributed by atoms with Crippen molar-refractivity contribution in [1.29, 1.82) is 0 Å². The third kappa shape index (κ3) is 5.80. The van der Waals surface area contributed by atoms with E-state index in [1.807, 2.05) is 67.2 Å². The number of sulfonamides is 1. The zero-order valence-electron chi connectivity index (χ0n) is 24.1. The molecule has 3 atom stereocenters. The zero-order chi connectivity index (χ0) is 29.4. The highest BCUT2D eigenvalue weighted by Gasteiger charge is 2.46. The predicted molar refractivity (Wildman–Crippen MR) is 164 cm³/mol.